The Morgan fingerprint density at radius 1 is 1.45 bits per heavy atom. The van der Waals surface area contributed by atoms with E-state index in [9.17, 15) is 18.0 Å². The summed E-state index contributed by atoms with van der Waals surface area (Å²) in [6.07, 6.45) is 0.236. The number of esters is 1. The number of nitriles is 1. The molecule has 0 unspecified atom stereocenters. The standard InChI is InChI=1S/C13H12F3NO2S/c1-2-19-12(18)10-5-6-11(20-13(14,15)16)9(8-10)4-3-7-17/h5-6,8H,2-4H2,1H3. The van der Waals surface area contributed by atoms with Gasteiger partial charge in [0.05, 0.1) is 18.2 Å². The van der Waals surface area contributed by atoms with E-state index in [0.717, 1.165) is 0 Å². The van der Waals surface area contributed by atoms with Gasteiger partial charge in [0.1, 0.15) is 0 Å². The topological polar surface area (TPSA) is 50.1 Å². The molecular formula is C13H12F3NO2S. The molecule has 0 aromatic heterocycles. The van der Waals surface area contributed by atoms with Crippen molar-refractivity contribution in [2.45, 2.75) is 30.2 Å². The molecule has 0 spiro atoms. The van der Waals surface area contributed by atoms with Gasteiger partial charge in [0, 0.05) is 11.3 Å². The van der Waals surface area contributed by atoms with Gasteiger partial charge in [0.2, 0.25) is 0 Å². The lowest BCUT2D eigenvalue weighted by atomic mass is 10.1. The van der Waals surface area contributed by atoms with Gasteiger partial charge in [-0.15, -0.1) is 0 Å². The first-order valence-electron chi connectivity index (χ1n) is 5.80. The summed E-state index contributed by atoms with van der Waals surface area (Å²) in [6.45, 7) is 1.83. The minimum absolute atomic E-state index is 0.000739. The molecule has 20 heavy (non-hydrogen) atoms. The lowest BCUT2D eigenvalue weighted by Crippen LogP contribution is -2.07. The number of alkyl halides is 3. The fourth-order valence-corrected chi connectivity index (χ4v) is 2.21. The molecule has 1 rings (SSSR count). The predicted octanol–water partition coefficient (Wildman–Crippen LogP) is 3.93. The first kappa shape index (κ1) is 16.4. The van der Waals surface area contributed by atoms with Crippen LogP contribution in [0.3, 0.4) is 0 Å². The Bertz CT molecular complexity index is 523. The Balaban J connectivity index is 3.06. The largest absolute Gasteiger partial charge is 0.462 e. The van der Waals surface area contributed by atoms with Crippen molar-refractivity contribution in [2.24, 2.45) is 0 Å². The first-order chi connectivity index (χ1) is 9.37. The molecule has 0 aliphatic heterocycles. The smallest absolute Gasteiger partial charge is 0.446 e. The van der Waals surface area contributed by atoms with E-state index in [-0.39, 0.29) is 41.7 Å². The molecule has 1 aromatic rings. The monoisotopic (exact) mass is 303 g/mol. The van der Waals surface area contributed by atoms with Crippen LogP contribution >= 0.6 is 11.8 Å². The molecule has 0 bridgehead atoms. The third kappa shape index (κ3) is 5.13. The molecule has 0 atom stereocenters. The van der Waals surface area contributed by atoms with Crippen LogP contribution < -0.4 is 0 Å². The highest BCUT2D eigenvalue weighted by Crippen LogP contribution is 2.39. The average Bonchev–Trinajstić information content (AvgIpc) is 2.36. The highest BCUT2D eigenvalue weighted by atomic mass is 32.2. The van der Waals surface area contributed by atoms with Crippen molar-refractivity contribution >= 4 is 17.7 Å². The molecule has 108 valence electrons. The van der Waals surface area contributed by atoms with Crippen molar-refractivity contribution < 1.29 is 22.7 Å². The van der Waals surface area contributed by atoms with Crippen LogP contribution in [0.4, 0.5) is 13.2 Å². The molecule has 0 fully saturated rings. The van der Waals surface area contributed by atoms with Crippen molar-refractivity contribution in [3.63, 3.8) is 0 Å². The van der Waals surface area contributed by atoms with Crippen LogP contribution in [0.2, 0.25) is 0 Å². The quantitative estimate of drug-likeness (QED) is 0.611. The maximum Gasteiger partial charge on any atom is 0.446 e. The molecule has 3 nitrogen and oxygen atoms in total. The summed E-state index contributed by atoms with van der Waals surface area (Å²) >= 11 is -0.250. The Hall–Kier alpha value is -1.68. The molecule has 0 N–H and O–H groups in total. The zero-order chi connectivity index (χ0) is 15.2. The molecule has 0 radical (unpaired) electrons. The average molecular weight is 303 g/mol. The van der Waals surface area contributed by atoms with Crippen LogP contribution in [0.25, 0.3) is 0 Å². The summed E-state index contributed by atoms with van der Waals surface area (Å²) in [5.74, 6) is -0.589. The minimum atomic E-state index is -4.41. The molecular weight excluding hydrogens is 291 g/mol. The van der Waals surface area contributed by atoms with Gasteiger partial charge < -0.3 is 4.74 Å². The van der Waals surface area contributed by atoms with Gasteiger partial charge in [-0.25, -0.2) is 4.79 Å². The van der Waals surface area contributed by atoms with Gasteiger partial charge >= 0.3 is 11.5 Å². The summed E-state index contributed by atoms with van der Waals surface area (Å²) in [5, 5.41) is 8.54. The molecule has 0 amide bonds. The normalized spacial score (nSPS) is 10.9. The second-order valence-electron chi connectivity index (χ2n) is 3.75. The Morgan fingerprint density at radius 2 is 2.15 bits per heavy atom. The van der Waals surface area contributed by atoms with Crippen molar-refractivity contribution in [3.05, 3.63) is 29.3 Å². The molecule has 0 aliphatic carbocycles. The fourth-order valence-electron chi connectivity index (χ4n) is 1.53. The van der Waals surface area contributed by atoms with Crippen molar-refractivity contribution in [2.75, 3.05) is 6.61 Å². The summed E-state index contributed by atoms with van der Waals surface area (Å²) in [6, 6.07) is 5.75. The number of hydrogen-bond acceptors (Lipinski definition) is 4. The highest BCUT2D eigenvalue weighted by molar-refractivity contribution is 8.00. The predicted molar refractivity (Wildman–Crippen MR) is 68.2 cm³/mol. The number of carbonyl (C=O) groups is 1. The van der Waals surface area contributed by atoms with Gasteiger partial charge in [-0.3, -0.25) is 0 Å². The van der Waals surface area contributed by atoms with Crippen molar-refractivity contribution in [1.82, 2.24) is 0 Å². The lowest BCUT2D eigenvalue weighted by Gasteiger charge is -2.11. The summed E-state index contributed by atoms with van der Waals surface area (Å²) in [7, 11) is 0. The van der Waals surface area contributed by atoms with Crippen LogP contribution in [0, 0.1) is 11.3 Å². The van der Waals surface area contributed by atoms with E-state index >= 15 is 0 Å². The van der Waals surface area contributed by atoms with E-state index < -0.39 is 11.5 Å². The van der Waals surface area contributed by atoms with Crippen LogP contribution in [0.15, 0.2) is 23.1 Å². The number of nitrogens with zero attached hydrogens (tertiary/aromatic N) is 1. The number of rotatable bonds is 5. The van der Waals surface area contributed by atoms with Gasteiger partial charge in [-0.1, -0.05) is 0 Å². The van der Waals surface area contributed by atoms with Gasteiger partial charge in [-0.05, 0) is 48.9 Å². The van der Waals surface area contributed by atoms with Crippen LogP contribution in [0.1, 0.15) is 29.3 Å². The maximum absolute atomic E-state index is 12.4. The lowest BCUT2D eigenvalue weighted by molar-refractivity contribution is -0.0328. The minimum Gasteiger partial charge on any atom is -0.462 e. The van der Waals surface area contributed by atoms with E-state index in [2.05, 4.69) is 0 Å². The van der Waals surface area contributed by atoms with Gasteiger partial charge in [0.15, 0.2) is 0 Å². The Morgan fingerprint density at radius 3 is 2.70 bits per heavy atom. The van der Waals surface area contributed by atoms with Gasteiger partial charge in [-0.2, -0.15) is 18.4 Å². The molecule has 0 saturated heterocycles. The first-order valence-corrected chi connectivity index (χ1v) is 6.61. The summed E-state index contributed by atoms with van der Waals surface area (Å²) in [5.41, 5.74) is -3.90. The number of ether oxygens (including phenoxy) is 1. The zero-order valence-corrected chi connectivity index (χ0v) is 11.5. The fraction of sp³-hybridized carbons (Fsp3) is 0.385. The summed E-state index contributed by atoms with van der Waals surface area (Å²) < 4.78 is 42.1. The van der Waals surface area contributed by atoms with Gasteiger partial charge in [0.25, 0.3) is 0 Å². The number of thioether (sulfide) groups is 1. The maximum atomic E-state index is 12.4. The van der Waals surface area contributed by atoms with Crippen molar-refractivity contribution in [3.8, 4) is 6.07 Å². The Labute approximate surface area is 118 Å². The SMILES string of the molecule is CCOC(=O)c1ccc(SC(F)(F)F)c(CCC#N)c1. The number of halogens is 3. The second kappa shape index (κ2) is 7.20. The Kier molecular flexibility index (Phi) is 5.89. The van der Waals surface area contributed by atoms with E-state index in [0.29, 0.717) is 5.56 Å². The van der Waals surface area contributed by atoms with E-state index in [1.807, 2.05) is 6.07 Å². The number of aryl methyl sites for hydroxylation is 1. The highest BCUT2D eigenvalue weighted by Gasteiger charge is 2.30. The number of hydrogen-bond donors (Lipinski definition) is 0. The molecule has 0 heterocycles. The third-order valence-electron chi connectivity index (χ3n) is 2.30. The van der Waals surface area contributed by atoms with E-state index in [4.69, 9.17) is 10.00 Å². The number of benzene rings is 1. The van der Waals surface area contributed by atoms with Crippen LogP contribution in [0.5, 0.6) is 0 Å². The molecule has 7 heteroatoms. The number of carbonyl (C=O) groups excluding carboxylic acids is 1. The van der Waals surface area contributed by atoms with E-state index in [1.54, 1.807) is 6.92 Å². The van der Waals surface area contributed by atoms with Crippen LogP contribution in [-0.4, -0.2) is 18.1 Å². The second-order valence-corrected chi connectivity index (χ2v) is 4.86. The zero-order valence-electron chi connectivity index (χ0n) is 10.7. The van der Waals surface area contributed by atoms with E-state index in [1.165, 1.54) is 18.2 Å². The van der Waals surface area contributed by atoms with Crippen molar-refractivity contribution in [1.29, 1.82) is 5.26 Å². The third-order valence-corrected chi connectivity index (χ3v) is 3.15. The van der Waals surface area contributed by atoms with Crippen LogP contribution in [-0.2, 0) is 11.2 Å². The molecule has 1 aromatic carbocycles. The summed E-state index contributed by atoms with van der Waals surface area (Å²) in [4.78, 5) is 11.6. The molecule has 0 aliphatic rings. The molecule has 0 saturated carbocycles.